The van der Waals surface area contributed by atoms with Gasteiger partial charge < -0.3 is 9.47 Å². The van der Waals surface area contributed by atoms with Gasteiger partial charge >= 0.3 is 0 Å². The summed E-state index contributed by atoms with van der Waals surface area (Å²) in [6.07, 6.45) is 2.17. The molecule has 1 aromatic rings. The van der Waals surface area contributed by atoms with Gasteiger partial charge in [0.05, 0.1) is 12.7 Å². The lowest BCUT2D eigenvalue weighted by molar-refractivity contribution is 0.0816. The number of para-hydroxylation sites is 1. The molecule has 0 aromatic heterocycles. The molecule has 96 valence electrons. The highest BCUT2D eigenvalue weighted by molar-refractivity contribution is 5.35. The van der Waals surface area contributed by atoms with Crippen LogP contribution in [-0.4, -0.2) is 13.7 Å². The summed E-state index contributed by atoms with van der Waals surface area (Å²) in [5.74, 6) is 1.57. The molecule has 1 aromatic carbocycles. The molecule has 0 amide bonds. The summed E-state index contributed by atoms with van der Waals surface area (Å²) in [5.41, 5.74) is 1.16. The van der Waals surface area contributed by atoms with E-state index in [1.165, 1.54) is 0 Å². The van der Waals surface area contributed by atoms with Gasteiger partial charge in [0, 0.05) is 12.7 Å². The average Bonchev–Trinajstić information content (AvgIpc) is 2.33. The van der Waals surface area contributed by atoms with Crippen LogP contribution in [0.1, 0.15) is 45.3 Å². The molecule has 0 fully saturated rings. The maximum atomic E-state index is 5.77. The standard InChI is InChI=1S/C15H24O2/c1-5-10-17-14-9-7-6-8-13(14)15(16-4)11-12(2)3/h6-9,12,15H,5,10-11H2,1-4H3. The Kier molecular flexibility index (Phi) is 6.06. The second kappa shape index (κ2) is 7.33. The number of benzene rings is 1. The largest absolute Gasteiger partial charge is 0.493 e. The van der Waals surface area contributed by atoms with Gasteiger partial charge in [0.25, 0.3) is 0 Å². The van der Waals surface area contributed by atoms with Crippen LogP contribution in [0, 0.1) is 5.92 Å². The molecule has 2 nitrogen and oxygen atoms in total. The third-order valence-electron chi connectivity index (χ3n) is 2.70. The van der Waals surface area contributed by atoms with E-state index >= 15 is 0 Å². The second-order valence-electron chi connectivity index (χ2n) is 4.74. The van der Waals surface area contributed by atoms with Crippen molar-refractivity contribution in [2.45, 2.75) is 39.7 Å². The molecule has 0 N–H and O–H groups in total. The van der Waals surface area contributed by atoms with E-state index < -0.39 is 0 Å². The molecule has 17 heavy (non-hydrogen) atoms. The highest BCUT2D eigenvalue weighted by atomic mass is 16.5. The average molecular weight is 236 g/mol. The first-order chi connectivity index (χ1) is 8.19. The lowest BCUT2D eigenvalue weighted by atomic mass is 9.99. The van der Waals surface area contributed by atoms with Crippen LogP contribution in [0.15, 0.2) is 24.3 Å². The van der Waals surface area contributed by atoms with E-state index in [4.69, 9.17) is 9.47 Å². The second-order valence-corrected chi connectivity index (χ2v) is 4.74. The molecule has 1 unspecified atom stereocenters. The van der Waals surface area contributed by atoms with E-state index in [1.807, 2.05) is 18.2 Å². The van der Waals surface area contributed by atoms with E-state index in [-0.39, 0.29) is 6.10 Å². The summed E-state index contributed by atoms with van der Waals surface area (Å²) in [4.78, 5) is 0. The number of hydrogen-bond acceptors (Lipinski definition) is 2. The van der Waals surface area contributed by atoms with Gasteiger partial charge in [0.15, 0.2) is 0 Å². The van der Waals surface area contributed by atoms with Gasteiger partial charge in [-0.15, -0.1) is 0 Å². The summed E-state index contributed by atoms with van der Waals surface area (Å²) in [7, 11) is 1.77. The monoisotopic (exact) mass is 236 g/mol. The Bertz CT molecular complexity index is 320. The Morgan fingerprint density at radius 1 is 1.18 bits per heavy atom. The van der Waals surface area contributed by atoms with E-state index in [1.54, 1.807) is 7.11 Å². The van der Waals surface area contributed by atoms with Gasteiger partial charge in [-0.1, -0.05) is 39.0 Å². The van der Waals surface area contributed by atoms with Crippen molar-refractivity contribution in [2.75, 3.05) is 13.7 Å². The van der Waals surface area contributed by atoms with Crippen molar-refractivity contribution in [1.29, 1.82) is 0 Å². The maximum Gasteiger partial charge on any atom is 0.125 e. The van der Waals surface area contributed by atoms with Crippen molar-refractivity contribution < 1.29 is 9.47 Å². The zero-order valence-electron chi connectivity index (χ0n) is 11.4. The molecule has 1 atom stereocenters. The molecule has 0 saturated heterocycles. The quantitative estimate of drug-likeness (QED) is 0.706. The predicted molar refractivity (Wildman–Crippen MR) is 71.4 cm³/mol. The molecule has 0 spiro atoms. The third-order valence-corrected chi connectivity index (χ3v) is 2.70. The fourth-order valence-electron chi connectivity index (χ4n) is 1.87. The summed E-state index contributed by atoms with van der Waals surface area (Å²) in [6.45, 7) is 7.29. The minimum atomic E-state index is 0.128. The van der Waals surface area contributed by atoms with Gasteiger partial charge in [-0.3, -0.25) is 0 Å². The van der Waals surface area contributed by atoms with Crippen LogP contribution in [0.4, 0.5) is 0 Å². The normalized spacial score (nSPS) is 12.8. The summed E-state index contributed by atoms with van der Waals surface area (Å²) in [6, 6.07) is 8.18. The maximum absolute atomic E-state index is 5.77. The Balaban J connectivity index is 2.85. The van der Waals surface area contributed by atoms with Crippen molar-refractivity contribution in [2.24, 2.45) is 5.92 Å². The molecule has 0 saturated carbocycles. The van der Waals surface area contributed by atoms with Crippen LogP contribution in [0.3, 0.4) is 0 Å². The lowest BCUT2D eigenvalue weighted by Gasteiger charge is -2.20. The molecule has 0 aliphatic heterocycles. The molecule has 0 aliphatic carbocycles. The van der Waals surface area contributed by atoms with E-state index in [0.29, 0.717) is 5.92 Å². The van der Waals surface area contributed by atoms with Crippen LogP contribution in [0.2, 0.25) is 0 Å². The molecule has 2 heteroatoms. The number of hydrogen-bond donors (Lipinski definition) is 0. The first-order valence-corrected chi connectivity index (χ1v) is 6.43. The fourth-order valence-corrected chi connectivity index (χ4v) is 1.87. The van der Waals surface area contributed by atoms with Crippen LogP contribution >= 0.6 is 0 Å². The third kappa shape index (κ3) is 4.39. The van der Waals surface area contributed by atoms with Gasteiger partial charge in [-0.25, -0.2) is 0 Å². The SMILES string of the molecule is CCCOc1ccccc1C(CC(C)C)OC. The summed E-state index contributed by atoms with van der Waals surface area (Å²) < 4.78 is 11.4. The summed E-state index contributed by atoms with van der Waals surface area (Å²) in [5, 5.41) is 0. The molecule has 0 bridgehead atoms. The summed E-state index contributed by atoms with van der Waals surface area (Å²) >= 11 is 0. The van der Waals surface area contributed by atoms with E-state index in [2.05, 4.69) is 26.8 Å². The van der Waals surface area contributed by atoms with Gasteiger partial charge in [-0.2, -0.15) is 0 Å². The van der Waals surface area contributed by atoms with Crippen molar-refractivity contribution >= 4 is 0 Å². The van der Waals surface area contributed by atoms with Crippen LogP contribution in [0.5, 0.6) is 5.75 Å². The highest BCUT2D eigenvalue weighted by Crippen LogP contribution is 2.31. The van der Waals surface area contributed by atoms with Gasteiger partial charge in [-0.05, 0) is 24.8 Å². The molecule has 0 radical (unpaired) electrons. The highest BCUT2D eigenvalue weighted by Gasteiger charge is 2.16. The number of ether oxygens (including phenoxy) is 2. The van der Waals surface area contributed by atoms with Crippen molar-refractivity contribution in [3.63, 3.8) is 0 Å². The van der Waals surface area contributed by atoms with Crippen molar-refractivity contribution in [1.82, 2.24) is 0 Å². The first-order valence-electron chi connectivity index (χ1n) is 6.43. The fraction of sp³-hybridized carbons (Fsp3) is 0.600. The Hall–Kier alpha value is -1.02. The Morgan fingerprint density at radius 2 is 1.88 bits per heavy atom. The molecular weight excluding hydrogens is 212 g/mol. The number of rotatable bonds is 7. The minimum Gasteiger partial charge on any atom is -0.493 e. The lowest BCUT2D eigenvalue weighted by Crippen LogP contribution is -2.08. The zero-order valence-corrected chi connectivity index (χ0v) is 11.4. The predicted octanol–water partition coefficient (Wildman–Crippen LogP) is 4.21. The smallest absolute Gasteiger partial charge is 0.125 e. The topological polar surface area (TPSA) is 18.5 Å². The molecule has 0 heterocycles. The number of methoxy groups -OCH3 is 1. The van der Waals surface area contributed by atoms with Crippen molar-refractivity contribution in [3.05, 3.63) is 29.8 Å². The van der Waals surface area contributed by atoms with E-state index in [9.17, 15) is 0 Å². The Morgan fingerprint density at radius 3 is 2.47 bits per heavy atom. The zero-order chi connectivity index (χ0) is 12.7. The minimum absolute atomic E-state index is 0.128. The van der Waals surface area contributed by atoms with Crippen LogP contribution in [0.25, 0.3) is 0 Å². The van der Waals surface area contributed by atoms with Gasteiger partial charge in [0.2, 0.25) is 0 Å². The molecule has 1 rings (SSSR count). The first kappa shape index (κ1) is 14.0. The Labute approximate surface area is 105 Å². The molecular formula is C15H24O2. The van der Waals surface area contributed by atoms with Crippen LogP contribution in [-0.2, 0) is 4.74 Å². The van der Waals surface area contributed by atoms with Gasteiger partial charge in [0.1, 0.15) is 5.75 Å². The van der Waals surface area contributed by atoms with Crippen LogP contribution < -0.4 is 4.74 Å². The van der Waals surface area contributed by atoms with E-state index in [0.717, 1.165) is 30.8 Å². The van der Waals surface area contributed by atoms with Crippen molar-refractivity contribution in [3.8, 4) is 5.75 Å². The molecule has 0 aliphatic rings.